The highest BCUT2D eigenvalue weighted by Gasteiger charge is 2.38. The first-order chi connectivity index (χ1) is 6.66. The molecule has 2 aliphatic rings. The van der Waals surface area contributed by atoms with Gasteiger partial charge in [-0.25, -0.2) is 0 Å². The molecule has 2 rings (SSSR count). The van der Waals surface area contributed by atoms with Crippen LogP contribution in [0.2, 0.25) is 0 Å². The number of hydrogen-bond acceptors (Lipinski definition) is 2. The molecule has 2 bridgehead atoms. The number of carboxylic acid groups (broad SMARTS) is 1. The Hall–Kier alpha value is -0.830. The van der Waals surface area contributed by atoms with Gasteiger partial charge in [-0.1, -0.05) is 12.2 Å². The Morgan fingerprint density at radius 3 is 2.86 bits per heavy atom. The van der Waals surface area contributed by atoms with Gasteiger partial charge < -0.3 is 10.4 Å². The van der Waals surface area contributed by atoms with Crippen molar-refractivity contribution >= 4 is 5.97 Å². The minimum absolute atomic E-state index is 0.0821. The Kier molecular flexibility index (Phi) is 2.59. The first-order valence-electron chi connectivity index (χ1n) is 5.30. The molecule has 0 spiro atoms. The van der Waals surface area contributed by atoms with Crippen LogP contribution in [0, 0.1) is 17.8 Å². The van der Waals surface area contributed by atoms with Gasteiger partial charge in [-0.15, -0.1) is 0 Å². The quantitative estimate of drug-likeness (QED) is 0.664. The second kappa shape index (κ2) is 3.73. The summed E-state index contributed by atoms with van der Waals surface area (Å²) in [6.45, 7) is 2.18. The van der Waals surface area contributed by atoms with Crippen molar-refractivity contribution in [2.24, 2.45) is 17.8 Å². The minimum Gasteiger partial charge on any atom is -0.480 e. The largest absolute Gasteiger partial charge is 0.480 e. The predicted molar refractivity (Wildman–Crippen MR) is 53.9 cm³/mol. The average Bonchev–Trinajstić information content (AvgIpc) is 2.74. The zero-order chi connectivity index (χ0) is 10.1. The van der Waals surface area contributed by atoms with Crippen molar-refractivity contribution in [2.75, 3.05) is 6.54 Å². The minimum atomic E-state index is -0.768. The van der Waals surface area contributed by atoms with Gasteiger partial charge in [0.1, 0.15) is 0 Å². The monoisotopic (exact) mass is 195 g/mol. The molecule has 4 atom stereocenters. The summed E-state index contributed by atoms with van der Waals surface area (Å²) in [5.74, 6) is 1.33. The third-order valence-corrected chi connectivity index (χ3v) is 3.55. The maximum atomic E-state index is 10.4. The molecule has 2 N–H and O–H groups in total. The van der Waals surface area contributed by atoms with Crippen molar-refractivity contribution in [3.8, 4) is 0 Å². The average molecular weight is 195 g/mol. The maximum absolute atomic E-state index is 10.4. The molecule has 0 heterocycles. The smallest absolute Gasteiger partial charge is 0.317 e. The van der Waals surface area contributed by atoms with Crippen molar-refractivity contribution in [2.45, 2.75) is 25.8 Å². The second-order valence-electron chi connectivity index (χ2n) is 4.51. The Morgan fingerprint density at radius 1 is 1.57 bits per heavy atom. The van der Waals surface area contributed by atoms with E-state index in [2.05, 4.69) is 24.4 Å². The number of carboxylic acids is 1. The molecule has 3 nitrogen and oxygen atoms in total. The molecule has 0 aromatic heterocycles. The first kappa shape index (κ1) is 9.71. The summed E-state index contributed by atoms with van der Waals surface area (Å²) < 4.78 is 0. The van der Waals surface area contributed by atoms with E-state index in [9.17, 15) is 4.79 Å². The van der Waals surface area contributed by atoms with E-state index in [4.69, 9.17) is 5.11 Å². The van der Waals surface area contributed by atoms with Crippen molar-refractivity contribution in [1.82, 2.24) is 5.32 Å². The van der Waals surface area contributed by atoms with E-state index >= 15 is 0 Å². The molecule has 1 saturated carbocycles. The molecule has 3 heteroatoms. The van der Waals surface area contributed by atoms with Crippen molar-refractivity contribution in [3.63, 3.8) is 0 Å². The van der Waals surface area contributed by atoms with Crippen LogP contribution in [-0.2, 0) is 4.79 Å². The fourth-order valence-corrected chi connectivity index (χ4v) is 2.80. The van der Waals surface area contributed by atoms with Crippen LogP contribution in [-0.4, -0.2) is 23.7 Å². The summed E-state index contributed by atoms with van der Waals surface area (Å²) in [4.78, 5) is 10.4. The number of hydrogen-bond donors (Lipinski definition) is 2. The summed E-state index contributed by atoms with van der Waals surface area (Å²) in [6.07, 6.45) is 7.13. The van der Waals surface area contributed by atoms with Crippen LogP contribution < -0.4 is 5.32 Å². The van der Waals surface area contributed by atoms with E-state index < -0.39 is 5.97 Å². The summed E-state index contributed by atoms with van der Waals surface area (Å²) in [5, 5.41) is 11.6. The highest BCUT2D eigenvalue weighted by Crippen LogP contribution is 2.44. The van der Waals surface area contributed by atoms with Gasteiger partial charge in [0, 0.05) is 6.04 Å². The van der Waals surface area contributed by atoms with Gasteiger partial charge in [-0.3, -0.25) is 4.79 Å². The van der Waals surface area contributed by atoms with Crippen LogP contribution in [0.3, 0.4) is 0 Å². The molecule has 0 amide bonds. The summed E-state index contributed by atoms with van der Waals surface area (Å²) >= 11 is 0. The van der Waals surface area contributed by atoms with Gasteiger partial charge in [0.25, 0.3) is 0 Å². The number of rotatable bonds is 4. The fourth-order valence-electron chi connectivity index (χ4n) is 2.80. The molecule has 14 heavy (non-hydrogen) atoms. The fraction of sp³-hybridized carbons (Fsp3) is 0.727. The summed E-state index contributed by atoms with van der Waals surface area (Å²) in [7, 11) is 0. The molecule has 0 radical (unpaired) electrons. The van der Waals surface area contributed by atoms with Crippen molar-refractivity contribution in [1.29, 1.82) is 0 Å². The van der Waals surface area contributed by atoms with Gasteiger partial charge in [0.2, 0.25) is 0 Å². The van der Waals surface area contributed by atoms with E-state index in [1.165, 1.54) is 12.8 Å². The molecule has 0 aromatic rings. The van der Waals surface area contributed by atoms with Gasteiger partial charge in [-0.05, 0) is 37.5 Å². The van der Waals surface area contributed by atoms with E-state index in [0.29, 0.717) is 17.9 Å². The van der Waals surface area contributed by atoms with Crippen LogP contribution in [0.5, 0.6) is 0 Å². The lowest BCUT2D eigenvalue weighted by molar-refractivity contribution is -0.136. The first-order valence-corrected chi connectivity index (χ1v) is 5.30. The molecular formula is C11H17NO2. The molecule has 1 fully saturated rings. The Labute approximate surface area is 84.2 Å². The number of aliphatic carboxylic acids is 1. The van der Waals surface area contributed by atoms with Gasteiger partial charge >= 0.3 is 5.97 Å². The number of allylic oxidation sites excluding steroid dienone is 2. The normalized spacial score (nSPS) is 36.2. The van der Waals surface area contributed by atoms with E-state index in [1.807, 2.05) is 0 Å². The second-order valence-corrected chi connectivity index (χ2v) is 4.51. The number of nitrogens with one attached hydrogen (secondary N) is 1. The molecule has 78 valence electrons. The molecule has 4 unspecified atom stereocenters. The topological polar surface area (TPSA) is 49.3 Å². The van der Waals surface area contributed by atoms with Crippen LogP contribution in [0.15, 0.2) is 12.2 Å². The van der Waals surface area contributed by atoms with Crippen LogP contribution in [0.25, 0.3) is 0 Å². The van der Waals surface area contributed by atoms with Crippen molar-refractivity contribution in [3.05, 3.63) is 12.2 Å². The maximum Gasteiger partial charge on any atom is 0.317 e. The third-order valence-electron chi connectivity index (χ3n) is 3.55. The lowest BCUT2D eigenvalue weighted by atomic mass is 9.87. The Bertz CT molecular complexity index is 262. The van der Waals surface area contributed by atoms with E-state index in [1.54, 1.807) is 0 Å². The van der Waals surface area contributed by atoms with E-state index in [-0.39, 0.29) is 6.54 Å². The lowest BCUT2D eigenvalue weighted by Gasteiger charge is -2.25. The Morgan fingerprint density at radius 2 is 2.36 bits per heavy atom. The zero-order valence-corrected chi connectivity index (χ0v) is 8.44. The SMILES string of the molecule is CC(NCC(=O)O)C1CC2C=CC1C2. The third kappa shape index (κ3) is 1.82. The summed E-state index contributed by atoms with van der Waals surface area (Å²) in [5.41, 5.74) is 0. The number of carbonyl (C=O) groups is 1. The lowest BCUT2D eigenvalue weighted by Crippen LogP contribution is -2.38. The number of fused-ring (bicyclic) bond motifs is 2. The van der Waals surface area contributed by atoms with Crippen LogP contribution in [0.4, 0.5) is 0 Å². The van der Waals surface area contributed by atoms with Gasteiger partial charge in [-0.2, -0.15) is 0 Å². The van der Waals surface area contributed by atoms with E-state index in [0.717, 1.165) is 5.92 Å². The molecule has 0 aliphatic heterocycles. The molecule has 0 saturated heterocycles. The highest BCUT2D eigenvalue weighted by atomic mass is 16.4. The highest BCUT2D eigenvalue weighted by molar-refractivity contribution is 5.69. The van der Waals surface area contributed by atoms with Crippen LogP contribution in [0.1, 0.15) is 19.8 Å². The van der Waals surface area contributed by atoms with Crippen molar-refractivity contribution < 1.29 is 9.90 Å². The molecular weight excluding hydrogens is 178 g/mol. The standard InChI is InChI=1S/C11H17NO2/c1-7(12-6-11(13)14)10-5-8-2-3-9(10)4-8/h2-3,7-10,12H,4-6H2,1H3,(H,13,14). The molecule has 2 aliphatic carbocycles. The molecule has 0 aromatic carbocycles. The van der Waals surface area contributed by atoms with Crippen LogP contribution >= 0.6 is 0 Å². The predicted octanol–water partition coefficient (Wildman–Crippen LogP) is 1.26. The summed E-state index contributed by atoms with van der Waals surface area (Å²) in [6, 6.07) is 0.325. The van der Waals surface area contributed by atoms with Gasteiger partial charge in [0.05, 0.1) is 6.54 Å². The van der Waals surface area contributed by atoms with Gasteiger partial charge in [0.15, 0.2) is 0 Å². The Balaban J connectivity index is 1.84. The zero-order valence-electron chi connectivity index (χ0n) is 8.44.